The molecule has 0 aromatic heterocycles. The zero-order chi connectivity index (χ0) is 14.6. The Morgan fingerprint density at radius 2 is 1.63 bits per heavy atom. The molecule has 5 nitrogen and oxygen atoms in total. The van der Waals surface area contributed by atoms with Crippen molar-refractivity contribution in [3.05, 3.63) is 12.2 Å². The van der Waals surface area contributed by atoms with E-state index in [1.54, 1.807) is 13.0 Å². The van der Waals surface area contributed by atoms with Gasteiger partial charge in [0.1, 0.15) is 0 Å². The van der Waals surface area contributed by atoms with Crippen LogP contribution in [0.3, 0.4) is 0 Å². The Morgan fingerprint density at radius 3 is 2.16 bits per heavy atom. The molecule has 0 bridgehead atoms. The first kappa shape index (κ1) is 18.7. The molecule has 0 aromatic rings. The topological polar surface area (TPSA) is 76.0 Å². The number of unbranched alkanes of at least 4 members (excludes halogenated alkanes) is 5. The second-order valence-electron chi connectivity index (χ2n) is 4.11. The van der Waals surface area contributed by atoms with Gasteiger partial charge in [0.05, 0.1) is 13.2 Å². The molecule has 19 heavy (non-hydrogen) atoms. The largest absolute Gasteiger partial charge is 0.463 e. The highest BCUT2D eigenvalue weighted by Crippen LogP contribution is 2.36. The molecule has 0 saturated carbocycles. The minimum absolute atomic E-state index is 0.289. The molecule has 0 saturated heterocycles. The molecule has 0 atom stereocenters. The zero-order valence-electron chi connectivity index (χ0n) is 11.3. The molecule has 0 aliphatic carbocycles. The lowest BCUT2D eigenvalue weighted by Crippen LogP contribution is -2.01. The first-order valence-electron chi connectivity index (χ1n) is 6.45. The molecule has 7 heteroatoms. The number of hydrogen-bond acceptors (Lipinski definition) is 4. The summed E-state index contributed by atoms with van der Waals surface area (Å²) in [6.45, 7) is -0.938. The van der Waals surface area contributed by atoms with Gasteiger partial charge in [0.2, 0.25) is 0 Å². The maximum Gasteiger partial charge on any atom is 0.330 e. The minimum Gasteiger partial charge on any atom is -0.463 e. The molecule has 0 rings (SSSR count). The van der Waals surface area contributed by atoms with Crippen LogP contribution in [0.15, 0.2) is 12.2 Å². The van der Waals surface area contributed by atoms with Gasteiger partial charge in [0.15, 0.2) is 0 Å². The second-order valence-corrected chi connectivity index (χ2v) is 6.78. The quantitative estimate of drug-likeness (QED) is 0.264. The summed E-state index contributed by atoms with van der Waals surface area (Å²) in [7, 11) is 0. The third-order valence-corrected chi connectivity index (χ3v) is 3.18. The Hall–Kier alpha value is -0.260. The summed E-state index contributed by atoms with van der Waals surface area (Å²) in [4.78, 5) is 28.6. The molecule has 0 aliphatic rings. The van der Waals surface area contributed by atoms with Crippen molar-refractivity contribution in [3.8, 4) is 0 Å². The number of esters is 1. The second kappa shape index (κ2) is 11.6. The lowest BCUT2D eigenvalue weighted by atomic mass is 10.1. The van der Waals surface area contributed by atoms with Gasteiger partial charge in [-0.2, -0.15) is 0 Å². The summed E-state index contributed by atoms with van der Waals surface area (Å²) >= 11 is 4.33. The molecule has 0 spiro atoms. The smallest absolute Gasteiger partial charge is 0.330 e. The normalized spacial score (nSPS) is 11.9. The fourth-order valence-electron chi connectivity index (χ4n) is 1.45. The van der Waals surface area contributed by atoms with E-state index >= 15 is 0 Å². The van der Waals surface area contributed by atoms with Gasteiger partial charge < -0.3 is 19.0 Å². The fraction of sp³-hybridized carbons (Fsp3) is 0.750. The van der Waals surface area contributed by atoms with Crippen LogP contribution in [0.5, 0.6) is 0 Å². The third-order valence-electron chi connectivity index (χ3n) is 2.35. The van der Waals surface area contributed by atoms with Gasteiger partial charge in [-0.15, -0.1) is 0 Å². The van der Waals surface area contributed by atoms with E-state index in [0.717, 1.165) is 38.5 Å². The number of hydrogen-bond donors (Lipinski definition) is 2. The predicted molar refractivity (Wildman–Crippen MR) is 78.1 cm³/mol. The van der Waals surface area contributed by atoms with Gasteiger partial charge in [-0.25, -0.2) is 4.79 Å². The number of rotatable bonds is 11. The van der Waals surface area contributed by atoms with E-state index in [-0.39, 0.29) is 5.97 Å². The van der Waals surface area contributed by atoms with Crippen molar-refractivity contribution in [3.63, 3.8) is 0 Å². The van der Waals surface area contributed by atoms with Crippen LogP contribution in [0.25, 0.3) is 0 Å². The number of carbonyl (C=O) groups is 1. The van der Waals surface area contributed by atoms with E-state index < -0.39 is 6.72 Å². The van der Waals surface area contributed by atoms with Crippen LogP contribution < -0.4 is 0 Å². The summed E-state index contributed by atoms with van der Waals surface area (Å²) in [5.41, 5.74) is 0. The first-order valence-corrected chi connectivity index (χ1v) is 9.08. The van der Waals surface area contributed by atoms with Gasteiger partial charge in [-0.1, -0.05) is 31.8 Å². The van der Waals surface area contributed by atoms with Gasteiger partial charge in [-0.3, -0.25) is 0 Å². The van der Waals surface area contributed by atoms with Crippen molar-refractivity contribution >= 4 is 24.5 Å². The van der Waals surface area contributed by atoms with E-state index in [9.17, 15) is 4.79 Å². The van der Waals surface area contributed by atoms with E-state index in [2.05, 4.69) is 11.8 Å². The van der Waals surface area contributed by atoms with Crippen molar-refractivity contribution in [1.29, 1.82) is 0 Å². The summed E-state index contributed by atoms with van der Waals surface area (Å²) < 4.78 is 9.65. The Kier molecular flexibility index (Phi) is 11.4. The highest BCUT2D eigenvalue weighted by molar-refractivity contribution is 8.06. The Balaban J connectivity index is 3.19. The third kappa shape index (κ3) is 15.7. The lowest BCUT2D eigenvalue weighted by Gasteiger charge is -2.07. The van der Waals surface area contributed by atoms with Crippen molar-refractivity contribution < 1.29 is 23.8 Å². The van der Waals surface area contributed by atoms with Crippen molar-refractivity contribution in [2.75, 3.05) is 13.2 Å². The fourth-order valence-corrected chi connectivity index (χ4v) is 2.04. The number of allylic oxidation sites excluding steroid dienone is 1. The molecule has 0 aromatic carbocycles. The Labute approximate surface area is 119 Å². The molecule has 0 aliphatic heterocycles. The highest BCUT2D eigenvalue weighted by atomic mass is 32.5. The number of ether oxygens (including phenoxy) is 1. The van der Waals surface area contributed by atoms with Crippen molar-refractivity contribution in [1.82, 2.24) is 0 Å². The standard InChI is InChI=1S/C12H23O5PS/c1-2-9-12(13)16-10-7-5-3-4-6-8-11-17-18(14,15)19/h2,9H,3-8,10-11H2,1H3,(H2,14,15,19). The van der Waals surface area contributed by atoms with Crippen LogP contribution >= 0.6 is 6.72 Å². The van der Waals surface area contributed by atoms with Gasteiger partial charge >= 0.3 is 12.7 Å². The summed E-state index contributed by atoms with van der Waals surface area (Å²) in [6.07, 6.45) is 8.80. The summed E-state index contributed by atoms with van der Waals surface area (Å²) in [5.74, 6) is -0.289. The van der Waals surface area contributed by atoms with Crippen molar-refractivity contribution in [2.24, 2.45) is 0 Å². The predicted octanol–water partition coefficient (Wildman–Crippen LogP) is 2.67. The van der Waals surface area contributed by atoms with Gasteiger partial charge in [0.25, 0.3) is 0 Å². The molecule has 0 heterocycles. The van der Waals surface area contributed by atoms with Gasteiger partial charge in [-0.05, 0) is 31.6 Å². The number of carbonyl (C=O) groups excluding carboxylic acids is 1. The average molecular weight is 310 g/mol. The zero-order valence-corrected chi connectivity index (χ0v) is 13.0. The molecular formula is C12H23O5PS. The SMILES string of the molecule is CC=CC(=O)OCCCCCCCCOP(O)(O)=S. The summed E-state index contributed by atoms with van der Waals surface area (Å²) in [6, 6.07) is 0. The molecule has 0 fully saturated rings. The molecular weight excluding hydrogens is 287 g/mol. The Morgan fingerprint density at radius 1 is 1.11 bits per heavy atom. The maximum atomic E-state index is 11.0. The first-order chi connectivity index (χ1) is 8.95. The van der Waals surface area contributed by atoms with Gasteiger partial charge in [0, 0.05) is 6.08 Å². The lowest BCUT2D eigenvalue weighted by molar-refractivity contribution is -0.137. The van der Waals surface area contributed by atoms with Crippen LogP contribution in [-0.2, 0) is 25.9 Å². The van der Waals surface area contributed by atoms with Crippen LogP contribution in [0.1, 0.15) is 45.4 Å². The van der Waals surface area contributed by atoms with Crippen LogP contribution in [0, 0.1) is 0 Å². The maximum absolute atomic E-state index is 11.0. The highest BCUT2D eigenvalue weighted by Gasteiger charge is 2.06. The Bertz CT molecular complexity index is 313. The molecule has 112 valence electrons. The molecule has 0 radical (unpaired) electrons. The van der Waals surface area contributed by atoms with E-state index in [0.29, 0.717) is 13.2 Å². The molecule has 0 unspecified atom stereocenters. The average Bonchev–Trinajstić information content (AvgIpc) is 2.30. The van der Waals surface area contributed by atoms with Crippen LogP contribution in [-0.4, -0.2) is 29.0 Å². The molecule has 2 N–H and O–H groups in total. The monoisotopic (exact) mass is 310 g/mol. The van der Waals surface area contributed by atoms with E-state index in [1.807, 2.05) is 0 Å². The van der Waals surface area contributed by atoms with E-state index in [1.165, 1.54) is 6.08 Å². The minimum atomic E-state index is -3.47. The van der Waals surface area contributed by atoms with Crippen molar-refractivity contribution in [2.45, 2.75) is 45.4 Å². The van der Waals surface area contributed by atoms with Crippen LogP contribution in [0.4, 0.5) is 0 Å². The van der Waals surface area contributed by atoms with Crippen LogP contribution in [0.2, 0.25) is 0 Å². The van der Waals surface area contributed by atoms with E-state index in [4.69, 9.17) is 19.0 Å². The summed E-state index contributed by atoms with van der Waals surface area (Å²) in [5, 5.41) is 0. The molecule has 0 amide bonds.